The third-order valence-electron chi connectivity index (χ3n) is 11.6. The molecule has 67 heavy (non-hydrogen) atoms. The highest BCUT2D eigenvalue weighted by Crippen LogP contribution is 2.28. The second-order valence-electron chi connectivity index (χ2n) is 18.4. The van der Waals surface area contributed by atoms with Gasteiger partial charge in [-0.3, -0.25) is 20.0 Å². The Bertz CT molecular complexity index is 2130. The Hall–Kier alpha value is -5.78. The maximum absolute atomic E-state index is 6.27. The molecule has 4 fully saturated rings. The number of aliphatic imine (C=N–C) groups is 4. The molecule has 0 bridgehead atoms. The van der Waals surface area contributed by atoms with Crippen molar-refractivity contribution in [2.24, 2.45) is 20.0 Å². The van der Waals surface area contributed by atoms with Crippen molar-refractivity contribution >= 4 is 47.6 Å². The van der Waals surface area contributed by atoms with Crippen molar-refractivity contribution in [2.45, 2.75) is 135 Å². The van der Waals surface area contributed by atoms with E-state index in [0.717, 1.165) is 127 Å². The first-order valence-electron chi connectivity index (χ1n) is 25.2. The summed E-state index contributed by atoms with van der Waals surface area (Å²) in [5.74, 6) is 7.31. The van der Waals surface area contributed by atoms with Crippen LogP contribution in [0.4, 0.5) is 0 Å². The Labute approximate surface area is 400 Å². The minimum atomic E-state index is 0.580. The topological polar surface area (TPSA) is 134 Å². The standard InChI is InChI=1S/C55H76N8O4/c1-5-55(63-50-24-25-50)59-29-9-33-67-54-37-46(36-53(39-54)66-32-8-28-58-42(4)62-49-22-23-49)17-15-44-12-10-43(11-13-44)14-16-45-34-51(64-30-6-26-56-40(2)60-47-18-19-47)38-52(35-45)65-31-7-27-57-41(3)61-48-20-21-48/h10-17,34-39,47-50H,5-9,18-33H2,1-4H3,(H,56,60)(H,57,61)(H,58,62)(H,59,63)/b16-14+,17-15+. The molecule has 0 aromatic heterocycles. The van der Waals surface area contributed by atoms with Crippen LogP contribution in [0.1, 0.15) is 133 Å². The van der Waals surface area contributed by atoms with Crippen molar-refractivity contribution in [3.05, 3.63) is 82.9 Å². The van der Waals surface area contributed by atoms with Gasteiger partial charge in [-0.25, -0.2) is 0 Å². The summed E-state index contributed by atoms with van der Waals surface area (Å²) in [5.41, 5.74) is 4.22. The highest BCUT2D eigenvalue weighted by atomic mass is 16.5. The van der Waals surface area contributed by atoms with Gasteiger partial charge in [0.15, 0.2) is 0 Å². The molecule has 360 valence electrons. The fourth-order valence-corrected chi connectivity index (χ4v) is 7.22. The van der Waals surface area contributed by atoms with Gasteiger partial charge in [-0.15, -0.1) is 0 Å². The zero-order valence-electron chi connectivity index (χ0n) is 40.7. The van der Waals surface area contributed by atoms with Gasteiger partial charge in [0.2, 0.25) is 0 Å². The summed E-state index contributed by atoms with van der Waals surface area (Å²) < 4.78 is 25.0. The van der Waals surface area contributed by atoms with Crippen molar-refractivity contribution in [3.63, 3.8) is 0 Å². The molecular weight excluding hydrogens is 837 g/mol. The lowest BCUT2D eigenvalue weighted by atomic mass is 10.1. The normalized spacial score (nSPS) is 17.0. The summed E-state index contributed by atoms with van der Waals surface area (Å²) in [6, 6.07) is 23.3. The Morgan fingerprint density at radius 3 is 1.04 bits per heavy atom. The second-order valence-corrected chi connectivity index (χ2v) is 18.4. The summed E-state index contributed by atoms with van der Waals surface area (Å²) in [7, 11) is 0. The lowest BCUT2D eigenvalue weighted by Crippen LogP contribution is -2.25. The van der Waals surface area contributed by atoms with Gasteiger partial charge in [0, 0.05) is 94.6 Å². The van der Waals surface area contributed by atoms with Gasteiger partial charge < -0.3 is 40.2 Å². The maximum Gasteiger partial charge on any atom is 0.123 e. The summed E-state index contributed by atoms with van der Waals surface area (Å²) in [4.78, 5) is 18.8. The number of hydrogen-bond donors (Lipinski definition) is 4. The van der Waals surface area contributed by atoms with E-state index in [1.54, 1.807) is 0 Å². The van der Waals surface area contributed by atoms with Crippen LogP contribution in [0.3, 0.4) is 0 Å². The molecule has 0 radical (unpaired) electrons. The van der Waals surface area contributed by atoms with Gasteiger partial charge in [0.05, 0.1) is 49.8 Å². The molecule has 4 N–H and O–H groups in total. The number of nitrogens with zero attached hydrogens (tertiary/aromatic N) is 4. The van der Waals surface area contributed by atoms with Gasteiger partial charge in [0.25, 0.3) is 0 Å². The van der Waals surface area contributed by atoms with Crippen molar-refractivity contribution in [1.29, 1.82) is 0 Å². The Morgan fingerprint density at radius 1 is 0.433 bits per heavy atom. The SMILES string of the molecule is CCC(=NCCCOc1cc(/C=C/c2ccc(/C=C/c3cc(OCCCN=C(C)NC4CC4)cc(OCCCN=C(C)NC4CC4)c3)cc2)cc(OCCCN=C(C)NC2CC2)c1)NC1CC1. The van der Waals surface area contributed by atoms with E-state index in [0.29, 0.717) is 50.6 Å². The van der Waals surface area contributed by atoms with Crippen LogP contribution in [0.2, 0.25) is 0 Å². The van der Waals surface area contributed by atoms with E-state index in [1.165, 1.54) is 51.4 Å². The largest absolute Gasteiger partial charge is 0.493 e. The fourth-order valence-electron chi connectivity index (χ4n) is 7.22. The summed E-state index contributed by atoms with van der Waals surface area (Å²) >= 11 is 0. The lowest BCUT2D eigenvalue weighted by molar-refractivity contribution is 0.297. The third-order valence-corrected chi connectivity index (χ3v) is 11.6. The molecule has 0 aliphatic heterocycles. The number of amidine groups is 4. The molecule has 0 spiro atoms. The monoisotopic (exact) mass is 913 g/mol. The number of benzene rings is 3. The van der Waals surface area contributed by atoms with Crippen LogP contribution in [0.5, 0.6) is 23.0 Å². The molecule has 4 aliphatic carbocycles. The smallest absolute Gasteiger partial charge is 0.123 e. The lowest BCUT2D eigenvalue weighted by Gasteiger charge is -2.12. The van der Waals surface area contributed by atoms with Crippen LogP contribution >= 0.6 is 0 Å². The fraction of sp³-hybridized carbons (Fsp3) is 0.527. The molecule has 0 amide bonds. The van der Waals surface area contributed by atoms with Crippen LogP contribution in [0.25, 0.3) is 24.3 Å². The first-order chi connectivity index (χ1) is 32.8. The van der Waals surface area contributed by atoms with Gasteiger partial charge in [-0.1, -0.05) is 55.5 Å². The zero-order valence-corrected chi connectivity index (χ0v) is 40.7. The number of hydrogen-bond acceptors (Lipinski definition) is 8. The summed E-state index contributed by atoms with van der Waals surface area (Å²) in [6.45, 7) is 13.6. The molecule has 0 atom stereocenters. The van der Waals surface area contributed by atoms with Gasteiger partial charge in [-0.2, -0.15) is 0 Å². The predicted octanol–water partition coefficient (Wildman–Crippen LogP) is 10.2. The third kappa shape index (κ3) is 20.3. The molecule has 0 unspecified atom stereocenters. The minimum absolute atomic E-state index is 0.580. The number of rotatable bonds is 29. The average molecular weight is 913 g/mol. The van der Waals surface area contributed by atoms with Crippen LogP contribution < -0.4 is 40.2 Å². The molecule has 3 aromatic rings. The van der Waals surface area contributed by atoms with E-state index >= 15 is 0 Å². The van der Waals surface area contributed by atoms with Crippen molar-refractivity contribution in [1.82, 2.24) is 21.3 Å². The molecule has 0 heterocycles. The van der Waals surface area contributed by atoms with E-state index in [2.05, 4.69) is 116 Å². The summed E-state index contributed by atoms with van der Waals surface area (Å²) in [6.07, 6.45) is 22.7. The molecule has 4 aliphatic rings. The highest BCUT2D eigenvalue weighted by molar-refractivity contribution is 5.82. The highest BCUT2D eigenvalue weighted by Gasteiger charge is 2.23. The van der Waals surface area contributed by atoms with E-state index in [4.69, 9.17) is 23.9 Å². The van der Waals surface area contributed by atoms with Gasteiger partial charge in [0.1, 0.15) is 23.0 Å². The molecule has 12 nitrogen and oxygen atoms in total. The molecule has 4 saturated carbocycles. The second kappa shape index (κ2) is 26.5. The van der Waals surface area contributed by atoms with Gasteiger partial charge >= 0.3 is 0 Å². The zero-order chi connectivity index (χ0) is 46.5. The molecule has 7 rings (SSSR count). The van der Waals surface area contributed by atoms with E-state index in [9.17, 15) is 0 Å². The van der Waals surface area contributed by atoms with E-state index < -0.39 is 0 Å². The molecule has 0 saturated heterocycles. The van der Waals surface area contributed by atoms with Crippen LogP contribution in [-0.2, 0) is 0 Å². The van der Waals surface area contributed by atoms with E-state index in [-0.39, 0.29) is 0 Å². The Balaban J connectivity index is 0.943. The van der Waals surface area contributed by atoms with Crippen molar-refractivity contribution in [3.8, 4) is 23.0 Å². The van der Waals surface area contributed by atoms with Gasteiger partial charge in [-0.05, 0) is 119 Å². The van der Waals surface area contributed by atoms with Crippen LogP contribution in [0, 0.1) is 0 Å². The van der Waals surface area contributed by atoms with E-state index in [1.807, 2.05) is 32.9 Å². The van der Waals surface area contributed by atoms with Crippen LogP contribution in [0.15, 0.2) is 80.6 Å². The summed E-state index contributed by atoms with van der Waals surface area (Å²) in [5, 5.41) is 13.9. The molecule has 12 heteroatoms. The van der Waals surface area contributed by atoms with Crippen molar-refractivity contribution < 1.29 is 18.9 Å². The van der Waals surface area contributed by atoms with Crippen LogP contribution in [-0.4, -0.2) is 100 Å². The Morgan fingerprint density at radius 2 is 0.731 bits per heavy atom. The first kappa shape index (κ1) is 49.1. The number of nitrogens with one attached hydrogen (secondary N) is 4. The minimum Gasteiger partial charge on any atom is -0.493 e. The molecule has 3 aromatic carbocycles. The Kier molecular flexibility index (Phi) is 19.5. The first-order valence-corrected chi connectivity index (χ1v) is 25.2. The average Bonchev–Trinajstić information content (AvgIpc) is 4.07. The number of ether oxygens (including phenoxy) is 4. The maximum atomic E-state index is 6.27. The predicted molar refractivity (Wildman–Crippen MR) is 279 cm³/mol. The molecular formula is C55H76N8O4. The van der Waals surface area contributed by atoms with Crippen molar-refractivity contribution in [2.75, 3.05) is 52.6 Å². The quantitative estimate of drug-likeness (QED) is 0.0234.